The van der Waals surface area contributed by atoms with E-state index in [-0.39, 0.29) is 18.1 Å². The largest absolute Gasteiger partial charge is 0.446 e. The van der Waals surface area contributed by atoms with Crippen molar-refractivity contribution in [3.63, 3.8) is 0 Å². The molecule has 2 atom stereocenters. The molecule has 3 aromatic carbocycles. The number of para-hydroxylation sites is 1. The first kappa shape index (κ1) is 23.7. The first-order valence-corrected chi connectivity index (χ1v) is 12.4. The second kappa shape index (κ2) is 9.90. The molecule has 0 aliphatic heterocycles. The minimum Gasteiger partial charge on any atom is -0.446 e. The lowest BCUT2D eigenvalue weighted by Gasteiger charge is -2.31. The number of amides is 2. The average Bonchev–Trinajstić information content (AvgIpc) is 3.47. The van der Waals surface area contributed by atoms with Gasteiger partial charge in [-0.25, -0.2) is 4.79 Å². The smallest absolute Gasteiger partial charge is 0.408 e. The lowest BCUT2D eigenvalue weighted by molar-refractivity contribution is -0.127. The number of carbonyl (C=O) groups excluding carboxylic acids is 2. The van der Waals surface area contributed by atoms with Crippen LogP contribution in [0.2, 0.25) is 0 Å². The summed E-state index contributed by atoms with van der Waals surface area (Å²) in [6, 6.07) is 25.6. The van der Waals surface area contributed by atoms with E-state index in [0.29, 0.717) is 19.3 Å². The molecular formula is C30H31N3O3. The van der Waals surface area contributed by atoms with Gasteiger partial charge in [0.05, 0.1) is 6.04 Å². The van der Waals surface area contributed by atoms with Crippen LogP contribution in [0.3, 0.4) is 0 Å². The first-order valence-electron chi connectivity index (χ1n) is 12.4. The second-order valence-electron chi connectivity index (χ2n) is 9.80. The van der Waals surface area contributed by atoms with Crippen LogP contribution in [0.25, 0.3) is 10.9 Å². The first-order chi connectivity index (χ1) is 17.4. The van der Waals surface area contributed by atoms with Crippen molar-refractivity contribution in [2.24, 2.45) is 0 Å². The Hall–Kier alpha value is -4.06. The van der Waals surface area contributed by atoms with Crippen LogP contribution in [0.5, 0.6) is 0 Å². The summed E-state index contributed by atoms with van der Waals surface area (Å²) in [5.74, 6) is -0.268. The maximum absolute atomic E-state index is 13.7. The Bertz CT molecular complexity index is 1360. The fraction of sp³-hybridized carbons (Fsp3) is 0.267. The fourth-order valence-electron chi connectivity index (χ4n) is 5.03. The monoisotopic (exact) mass is 481 g/mol. The Kier molecular flexibility index (Phi) is 6.51. The van der Waals surface area contributed by atoms with E-state index < -0.39 is 11.6 Å². The molecule has 6 nitrogen and oxygen atoms in total. The summed E-state index contributed by atoms with van der Waals surface area (Å²) >= 11 is 0. The molecule has 4 aromatic rings. The lowest BCUT2D eigenvalue weighted by atomic mass is 9.91. The van der Waals surface area contributed by atoms with E-state index in [1.165, 1.54) is 11.1 Å². The molecule has 2 amide bonds. The maximum atomic E-state index is 13.7. The summed E-state index contributed by atoms with van der Waals surface area (Å²) < 4.78 is 5.80. The Morgan fingerprint density at radius 3 is 2.33 bits per heavy atom. The van der Waals surface area contributed by atoms with Crippen molar-refractivity contribution in [3.05, 3.63) is 107 Å². The van der Waals surface area contributed by atoms with Gasteiger partial charge in [0.25, 0.3) is 0 Å². The molecule has 5 rings (SSSR count). The Balaban J connectivity index is 1.35. The Morgan fingerprint density at radius 1 is 0.972 bits per heavy atom. The molecule has 2 unspecified atom stereocenters. The van der Waals surface area contributed by atoms with Gasteiger partial charge in [-0.05, 0) is 42.2 Å². The zero-order valence-corrected chi connectivity index (χ0v) is 20.6. The summed E-state index contributed by atoms with van der Waals surface area (Å²) in [5.41, 5.74) is 4.10. The summed E-state index contributed by atoms with van der Waals surface area (Å²) in [7, 11) is 0. The number of hydrogen-bond donors (Lipinski definition) is 3. The van der Waals surface area contributed by atoms with Crippen molar-refractivity contribution < 1.29 is 14.3 Å². The van der Waals surface area contributed by atoms with Gasteiger partial charge in [-0.1, -0.05) is 72.8 Å². The third kappa shape index (κ3) is 4.98. The van der Waals surface area contributed by atoms with Gasteiger partial charge in [0, 0.05) is 36.4 Å². The normalized spacial score (nSPS) is 15.6. The average molecular weight is 482 g/mol. The van der Waals surface area contributed by atoms with Gasteiger partial charge in [0.1, 0.15) is 11.6 Å². The van der Waals surface area contributed by atoms with Crippen LogP contribution in [0.1, 0.15) is 42.1 Å². The van der Waals surface area contributed by atoms with E-state index in [9.17, 15) is 9.59 Å². The van der Waals surface area contributed by atoms with E-state index >= 15 is 0 Å². The summed E-state index contributed by atoms with van der Waals surface area (Å²) in [4.78, 5) is 30.0. The second-order valence-corrected chi connectivity index (χ2v) is 9.80. The predicted octanol–water partition coefficient (Wildman–Crippen LogP) is 5.24. The van der Waals surface area contributed by atoms with Gasteiger partial charge >= 0.3 is 6.09 Å². The quantitative estimate of drug-likeness (QED) is 0.338. The molecule has 0 fully saturated rings. The highest BCUT2D eigenvalue weighted by atomic mass is 16.6. The molecule has 0 saturated carbocycles. The molecule has 0 saturated heterocycles. The zero-order chi connectivity index (χ0) is 25.1. The number of nitrogens with one attached hydrogen (secondary N) is 3. The number of aromatic amines is 1. The van der Waals surface area contributed by atoms with Crippen molar-refractivity contribution in [2.75, 3.05) is 0 Å². The van der Waals surface area contributed by atoms with Gasteiger partial charge in [-0.3, -0.25) is 4.79 Å². The Labute approximate surface area is 211 Å². The van der Waals surface area contributed by atoms with Gasteiger partial charge < -0.3 is 20.4 Å². The third-order valence-corrected chi connectivity index (χ3v) is 7.03. The number of hydrogen-bond acceptors (Lipinski definition) is 3. The highest BCUT2D eigenvalue weighted by Crippen LogP contribution is 2.26. The van der Waals surface area contributed by atoms with Crippen LogP contribution in [0, 0.1) is 0 Å². The molecule has 1 aromatic heterocycles. The highest BCUT2D eigenvalue weighted by molar-refractivity contribution is 5.91. The van der Waals surface area contributed by atoms with Crippen LogP contribution >= 0.6 is 0 Å². The summed E-state index contributed by atoms with van der Waals surface area (Å²) in [6.07, 6.45) is 2.74. The van der Waals surface area contributed by atoms with Gasteiger partial charge in [-0.15, -0.1) is 0 Å². The Morgan fingerprint density at radius 2 is 1.61 bits per heavy atom. The van der Waals surface area contributed by atoms with Crippen molar-refractivity contribution in [1.82, 2.24) is 15.6 Å². The maximum Gasteiger partial charge on any atom is 0.408 e. The molecular weight excluding hydrogens is 450 g/mol. The van der Waals surface area contributed by atoms with Crippen LogP contribution in [-0.2, 0) is 28.8 Å². The van der Waals surface area contributed by atoms with Crippen molar-refractivity contribution in [1.29, 1.82) is 0 Å². The predicted molar refractivity (Wildman–Crippen MR) is 141 cm³/mol. The van der Waals surface area contributed by atoms with E-state index in [1.807, 2.05) is 79.9 Å². The molecule has 36 heavy (non-hydrogen) atoms. The molecule has 184 valence electrons. The minimum atomic E-state index is -1.23. The molecule has 1 aliphatic carbocycles. The number of H-pyrrole nitrogens is 1. The van der Waals surface area contributed by atoms with Crippen molar-refractivity contribution >= 4 is 22.9 Å². The van der Waals surface area contributed by atoms with Crippen LogP contribution in [0.4, 0.5) is 4.79 Å². The molecule has 0 spiro atoms. The topological polar surface area (TPSA) is 83.2 Å². The number of fused-ring (bicyclic) bond motifs is 2. The highest BCUT2D eigenvalue weighted by Gasteiger charge is 2.38. The summed E-state index contributed by atoms with van der Waals surface area (Å²) in [6.45, 7) is 3.69. The van der Waals surface area contributed by atoms with Crippen molar-refractivity contribution in [2.45, 2.75) is 50.8 Å². The number of ether oxygens (including phenoxy) is 1. The van der Waals surface area contributed by atoms with Gasteiger partial charge in [-0.2, -0.15) is 0 Å². The number of carbonyl (C=O) groups is 2. The van der Waals surface area contributed by atoms with Crippen LogP contribution in [-0.4, -0.2) is 28.6 Å². The number of aromatic nitrogens is 1. The SMILES string of the molecule is CC(NC(=O)C(C)(Cc1c[nH]c2ccccc12)NC(=O)OC1Cc2ccccc2C1)c1ccccc1. The standard InChI is InChI=1S/C30H31N3O3/c1-20(21-10-4-3-5-11-21)32-28(34)30(2,18-24-19-31-27-15-9-8-14-26(24)27)33-29(35)36-25-16-22-12-6-7-13-23(22)17-25/h3-15,19-20,25,31H,16-18H2,1-2H3,(H,32,34)(H,33,35). The third-order valence-electron chi connectivity index (χ3n) is 7.03. The number of alkyl carbamates (subject to hydrolysis) is 1. The van der Waals surface area contributed by atoms with E-state index in [0.717, 1.165) is 22.0 Å². The van der Waals surface area contributed by atoms with Gasteiger partial charge in [0.15, 0.2) is 0 Å². The molecule has 6 heteroatoms. The molecule has 0 radical (unpaired) electrons. The fourth-order valence-corrected chi connectivity index (χ4v) is 5.03. The van der Waals surface area contributed by atoms with Crippen LogP contribution in [0.15, 0.2) is 85.1 Å². The molecule has 1 aliphatic rings. The van der Waals surface area contributed by atoms with E-state index in [4.69, 9.17) is 4.74 Å². The van der Waals surface area contributed by atoms with Gasteiger partial charge in [0.2, 0.25) is 5.91 Å². The minimum absolute atomic E-state index is 0.219. The van der Waals surface area contributed by atoms with E-state index in [1.54, 1.807) is 6.92 Å². The van der Waals surface area contributed by atoms with Crippen LogP contribution < -0.4 is 10.6 Å². The van der Waals surface area contributed by atoms with E-state index in [2.05, 4.69) is 27.8 Å². The molecule has 1 heterocycles. The summed E-state index contributed by atoms with van der Waals surface area (Å²) in [5, 5.41) is 7.03. The number of benzene rings is 3. The number of rotatable bonds is 7. The lowest BCUT2D eigenvalue weighted by Crippen LogP contribution is -2.59. The zero-order valence-electron chi connectivity index (χ0n) is 20.6. The van der Waals surface area contributed by atoms with Crippen molar-refractivity contribution in [3.8, 4) is 0 Å². The molecule has 3 N–H and O–H groups in total. The molecule has 0 bridgehead atoms.